The Hall–Kier alpha value is 0.210. The van der Waals surface area contributed by atoms with Crippen molar-refractivity contribution in [1.82, 2.24) is 4.90 Å². The highest BCUT2D eigenvalue weighted by Crippen LogP contribution is 2.07. The Balaban J connectivity index is 3.86. The van der Waals surface area contributed by atoms with Crippen molar-refractivity contribution in [1.29, 1.82) is 0 Å². The van der Waals surface area contributed by atoms with Crippen molar-refractivity contribution in [3.63, 3.8) is 0 Å². The minimum absolute atomic E-state index is 0.230. The van der Waals surface area contributed by atoms with Crippen LogP contribution in [0, 0.1) is 0 Å². The molecule has 74 valence electrons. The van der Waals surface area contributed by atoms with Crippen molar-refractivity contribution in [2.75, 3.05) is 25.6 Å². The van der Waals surface area contributed by atoms with Gasteiger partial charge in [0, 0.05) is 25.0 Å². The quantitative estimate of drug-likeness (QED) is 0.623. The Morgan fingerprint density at radius 2 is 1.83 bits per heavy atom. The van der Waals surface area contributed by atoms with Gasteiger partial charge in [0.1, 0.15) is 0 Å². The number of hydrogen-bond acceptors (Lipinski definition) is 2. The van der Waals surface area contributed by atoms with E-state index in [-0.39, 0.29) is 6.61 Å². The Morgan fingerprint density at radius 3 is 2.17 bits per heavy atom. The summed E-state index contributed by atoms with van der Waals surface area (Å²) in [4.78, 5) is 2.26. The fourth-order valence-corrected chi connectivity index (χ4v) is 1.74. The van der Waals surface area contributed by atoms with Crippen LogP contribution in [0.4, 0.5) is 0 Å². The standard InChI is InChI=1S/C9H20ClNO/c1-3-9(4-2)11(6-5-10)7-8-12/h9,12H,3-8H2,1-2H3. The zero-order valence-corrected chi connectivity index (χ0v) is 8.85. The minimum atomic E-state index is 0.230. The summed E-state index contributed by atoms with van der Waals surface area (Å²) in [7, 11) is 0. The monoisotopic (exact) mass is 193 g/mol. The summed E-state index contributed by atoms with van der Waals surface area (Å²) in [6, 6.07) is 0.580. The molecule has 0 heterocycles. The van der Waals surface area contributed by atoms with Crippen LogP contribution in [0.5, 0.6) is 0 Å². The average molecular weight is 194 g/mol. The molecule has 0 saturated heterocycles. The van der Waals surface area contributed by atoms with Crippen LogP contribution in [0.1, 0.15) is 26.7 Å². The molecule has 1 N–H and O–H groups in total. The molecule has 0 aliphatic rings. The highest BCUT2D eigenvalue weighted by molar-refractivity contribution is 6.18. The van der Waals surface area contributed by atoms with Gasteiger partial charge in [-0.05, 0) is 12.8 Å². The lowest BCUT2D eigenvalue weighted by molar-refractivity contribution is 0.151. The lowest BCUT2D eigenvalue weighted by atomic mass is 10.1. The van der Waals surface area contributed by atoms with Crippen LogP contribution in [0.3, 0.4) is 0 Å². The van der Waals surface area contributed by atoms with E-state index in [4.69, 9.17) is 16.7 Å². The summed E-state index contributed by atoms with van der Waals surface area (Å²) < 4.78 is 0. The van der Waals surface area contributed by atoms with Crippen LogP contribution in [0.2, 0.25) is 0 Å². The third-order valence-electron chi connectivity index (χ3n) is 2.22. The molecule has 0 aromatic rings. The second-order valence-electron chi connectivity index (χ2n) is 2.92. The molecule has 0 unspecified atom stereocenters. The summed E-state index contributed by atoms with van der Waals surface area (Å²) >= 11 is 5.67. The normalized spacial score (nSPS) is 11.5. The third kappa shape index (κ3) is 4.29. The van der Waals surface area contributed by atoms with E-state index in [1.807, 2.05) is 0 Å². The van der Waals surface area contributed by atoms with Crippen molar-refractivity contribution >= 4 is 11.6 Å². The molecule has 2 nitrogen and oxygen atoms in total. The number of nitrogens with zero attached hydrogens (tertiary/aromatic N) is 1. The van der Waals surface area contributed by atoms with Gasteiger partial charge in [0.2, 0.25) is 0 Å². The van der Waals surface area contributed by atoms with Crippen LogP contribution in [0.25, 0.3) is 0 Å². The van der Waals surface area contributed by atoms with E-state index in [1.54, 1.807) is 0 Å². The SMILES string of the molecule is CCC(CC)N(CCO)CCCl. The number of aliphatic hydroxyl groups is 1. The van der Waals surface area contributed by atoms with Gasteiger partial charge in [0.15, 0.2) is 0 Å². The van der Waals surface area contributed by atoms with Crippen molar-refractivity contribution < 1.29 is 5.11 Å². The number of hydrogen-bond donors (Lipinski definition) is 1. The first-order valence-corrected chi connectivity index (χ1v) is 5.24. The van der Waals surface area contributed by atoms with Gasteiger partial charge in [-0.2, -0.15) is 0 Å². The lowest BCUT2D eigenvalue weighted by Crippen LogP contribution is -2.38. The first-order valence-electron chi connectivity index (χ1n) is 4.70. The van der Waals surface area contributed by atoms with Gasteiger partial charge in [-0.15, -0.1) is 11.6 Å². The van der Waals surface area contributed by atoms with E-state index in [0.717, 1.165) is 25.9 Å². The summed E-state index contributed by atoms with van der Waals surface area (Å²) in [6.45, 7) is 6.21. The molecule has 0 aromatic heterocycles. The Labute approximate surface area is 80.5 Å². The van der Waals surface area contributed by atoms with Gasteiger partial charge >= 0.3 is 0 Å². The molecule has 0 aromatic carbocycles. The molecule has 0 atom stereocenters. The molecule has 0 rings (SSSR count). The molecular weight excluding hydrogens is 174 g/mol. The van der Waals surface area contributed by atoms with Gasteiger partial charge in [-0.25, -0.2) is 0 Å². The van der Waals surface area contributed by atoms with Gasteiger partial charge in [0.05, 0.1) is 6.61 Å². The molecule has 0 aliphatic heterocycles. The number of aliphatic hydroxyl groups excluding tert-OH is 1. The van der Waals surface area contributed by atoms with Gasteiger partial charge in [0.25, 0.3) is 0 Å². The van der Waals surface area contributed by atoms with E-state index in [0.29, 0.717) is 11.9 Å². The molecule has 0 amide bonds. The maximum atomic E-state index is 8.82. The minimum Gasteiger partial charge on any atom is -0.395 e. The van der Waals surface area contributed by atoms with Crippen LogP contribution >= 0.6 is 11.6 Å². The maximum absolute atomic E-state index is 8.82. The molecular formula is C9H20ClNO. The van der Waals surface area contributed by atoms with Crippen molar-refractivity contribution in [3.05, 3.63) is 0 Å². The summed E-state index contributed by atoms with van der Waals surface area (Å²) in [5, 5.41) is 8.82. The molecule has 0 spiro atoms. The van der Waals surface area contributed by atoms with Gasteiger partial charge in [-0.1, -0.05) is 13.8 Å². The van der Waals surface area contributed by atoms with Gasteiger partial charge < -0.3 is 5.11 Å². The zero-order valence-electron chi connectivity index (χ0n) is 8.09. The number of alkyl halides is 1. The van der Waals surface area contributed by atoms with E-state index in [1.165, 1.54) is 0 Å². The van der Waals surface area contributed by atoms with Gasteiger partial charge in [-0.3, -0.25) is 4.90 Å². The highest BCUT2D eigenvalue weighted by atomic mass is 35.5. The fraction of sp³-hybridized carbons (Fsp3) is 1.00. The zero-order chi connectivity index (χ0) is 9.40. The number of halogens is 1. The van der Waals surface area contributed by atoms with Crippen LogP contribution in [0.15, 0.2) is 0 Å². The molecule has 0 fully saturated rings. The first kappa shape index (κ1) is 12.2. The van der Waals surface area contributed by atoms with E-state index < -0.39 is 0 Å². The second-order valence-corrected chi connectivity index (χ2v) is 3.30. The highest BCUT2D eigenvalue weighted by Gasteiger charge is 2.12. The van der Waals surface area contributed by atoms with Crippen LogP contribution in [-0.4, -0.2) is 41.6 Å². The first-order chi connectivity index (χ1) is 5.79. The lowest BCUT2D eigenvalue weighted by Gasteiger charge is -2.28. The Bertz CT molecular complexity index is 90.5. The van der Waals surface area contributed by atoms with Crippen LogP contribution in [-0.2, 0) is 0 Å². The van der Waals surface area contributed by atoms with E-state index >= 15 is 0 Å². The van der Waals surface area contributed by atoms with E-state index in [9.17, 15) is 0 Å². The third-order valence-corrected chi connectivity index (χ3v) is 2.39. The molecule has 0 saturated carbocycles. The molecule has 0 aliphatic carbocycles. The Morgan fingerprint density at radius 1 is 1.25 bits per heavy atom. The van der Waals surface area contributed by atoms with Crippen molar-refractivity contribution in [2.24, 2.45) is 0 Å². The molecule has 12 heavy (non-hydrogen) atoms. The molecule has 0 radical (unpaired) electrons. The topological polar surface area (TPSA) is 23.5 Å². The molecule has 0 bridgehead atoms. The largest absolute Gasteiger partial charge is 0.395 e. The smallest absolute Gasteiger partial charge is 0.0558 e. The summed E-state index contributed by atoms with van der Waals surface area (Å²) in [5.74, 6) is 0.649. The second kappa shape index (κ2) is 7.84. The average Bonchev–Trinajstić information content (AvgIpc) is 2.07. The number of rotatable bonds is 7. The fourth-order valence-electron chi connectivity index (χ4n) is 1.52. The summed E-state index contributed by atoms with van der Waals surface area (Å²) in [6.07, 6.45) is 2.26. The van der Waals surface area contributed by atoms with Crippen LogP contribution < -0.4 is 0 Å². The van der Waals surface area contributed by atoms with E-state index in [2.05, 4.69) is 18.7 Å². The Kier molecular flexibility index (Phi) is 7.98. The predicted molar refractivity (Wildman–Crippen MR) is 53.7 cm³/mol. The maximum Gasteiger partial charge on any atom is 0.0558 e. The van der Waals surface area contributed by atoms with Crippen molar-refractivity contribution in [3.8, 4) is 0 Å². The molecule has 3 heteroatoms. The van der Waals surface area contributed by atoms with Crippen molar-refractivity contribution in [2.45, 2.75) is 32.7 Å². The summed E-state index contributed by atoms with van der Waals surface area (Å²) in [5.41, 5.74) is 0. The predicted octanol–water partition coefficient (Wildman–Crippen LogP) is 1.71.